The first kappa shape index (κ1) is 17.9. The molecule has 1 aromatic heterocycles. The fourth-order valence-corrected chi connectivity index (χ4v) is 3.68. The van der Waals surface area contributed by atoms with E-state index in [2.05, 4.69) is 18.8 Å². The molecule has 1 heterocycles. The maximum absolute atomic E-state index is 12.6. The van der Waals surface area contributed by atoms with Crippen LogP contribution in [0.5, 0.6) is 0 Å². The average molecular weight is 313 g/mol. The van der Waals surface area contributed by atoms with Gasteiger partial charge in [-0.2, -0.15) is 4.31 Å². The van der Waals surface area contributed by atoms with Crippen LogP contribution in [0.25, 0.3) is 0 Å². The molecule has 0 saturated carbocycles. The van der Waals surface area contributed by atoms with E-state index in [9.17, 15) is 8.42 Å². The number of nitrogens with one attached hydrogen (secondary N) is 1. The maximum Gasteiger partial charge on any atom is 0.244 e. The van der Waals surface area contributed by atoms with E-state index < -0.39 is 10.0 Å². The summed E-state index contributed by atoms with van der Waals surface area (Å²) in [5, 5.41) is 3.31. The van der Waals surface area contributed by atoms with Crippen molar-refractivity contribution in [3.05, 3.63) is 30.6 Å². The summed E-state index contributed by atoms with van der Waals surface area (Å²) in [6, 6.07) is 1.77. The van der Waals surface area contributed by atoms with E-state index in [0.717, 1.165) is 25.2 Å². The third-order valence-corrected chi connectivity index (χ3v) is 5.26. The lowest BCUT2D eigenvalue weighted by Crippen LogP contribution is -2.30. The summed E-state index contributed by atoms with van der Waals surface area (Å²) in [5.41, 5.74) is 0.999. The SMILES string of the molecule is C=CCN(CC)S(=O)(=O)c1cc(CNCCC)n(CC)c1. The first-order chi connectivity index (χ1) is 10.0. The molecule has 0 saturated heterocycles. The van der Waals surface area contributed by atoms with E-state index in [1.807, 2.05) is 18.4 Å². The van der Waals surface area contributed by atoms with Crippen molar-refractivity contribution in [3.63, 3.8) is 0 Å². The highest BCUT2D eigenvalue weighted by Crippen LogP contribution is 2.19. The lowest BCUT2D eigenvalue weighted by molar-refractivity contribution is 0.459. The first-order valence-electron chi connectivity index (χ1n) is 7.52. The number of aryl methyl sites for hydroxylation is 1. The summed E-state index contributed by atoms with van der Waals surface area (Å²) in [7, 11) is -3.44. The van der Waals surface area contributed by atoms with E-state index in [1.54, 1.807) is 18.3 Å². The molecule has 0 unspecified atom stereocenters. The van der Waals surface area contributed by atoms with Crippen molar-refractivity contribution in [3.8, 4) is 0 Å². The van der Waals surface area contributed by atoms with E-state index in [1.165, 1.54) is 4.31 Å². The van der Waals surface area contributed by atoms with Gasteiger partial charge >= 0.3 is 0 Å². The normalized spacial score (nSPS) is 12.0. The summed E-state index contributed by atoms with van der Waals surface area (Å²) in [5.74, 6) is 0. The van der Waals surface area contributed by atoms with Crippen molar-refractivity contribution in [1.29, 1.82) is 0 Å². The summed E-state index contributed by atoms with van der Waals surface area (Å²) >= 11 is 0. The Hall–Kier alpha value is -1.11. The second-order valence-electron chi connectivity index (χ2n) is 4.87. The first-order valence-corrected chi connectivity index (χ1v) is 8.96. The summed E-state index contributed by atoms with van der Waals surface area (Å²) in [6.45, 7) is 12.7. The zero-order valence-electron chi connectivity index (χ0n) is 13.3. The predicted molar refractivity (Wildman–Crippen MR) is 86.7 cm³/mol. The molecule has 5 nitrogen and oxygen atoms in total. The Labute approximate surface area is 128 Å². The van der Waals surface area contributed by atoms with Crippen molar-refractivity contribution in [2.24, 2.45) is 0 Å². The van der Waals surface area contributed by atoms with Crippen molar-refractivity contribution in [2.75, 3.05) is 19.6 Å². The summed E-state index contributed by atoms with van der Waals surface area (Å²) in [6.07, 6.45) is 4.40. The molecule has 0 aliphatic heterocycles. The molecule has 1 N–H and O–H groups in total. The van der Waals surface area contributed by atoms with Crippen molar-refractivity contribution < 1.29 is 8.42 Å². The Kier molecular flexibility index (Phi) is 7.14. The van der Waals surface area contributed by atoms with Crippen LogP contribution < -0.4 is 5.32 Å². The third-order valence-electron chi connectivity index (χ3n) is 3.36. The maximum atomic E-state index is 12.6. The fourth-order valence-electron chi connectivity index (χ4n) is 2.19. The van der Waals surface area contributed by atoms with Crippen LogP contribution in [0.1, 0.15) is 32.9 Å². The molecular formula is C15H27N3O2S. The minimum Gasteiger partial charge on any atom is -0.349 e. The molecule has 0 radical (unpaired) electrons. The highest BCUT2D eigenvalue weighted by molar-refractivity contribution is 7.89. The number of sulfonamides is 1. The second kappa shape index (κ2) is 8.36. The summed E-state index contributed by atoms with van der Waals surface area (Å²) < 4.78 is 28.6. The zero-order chi connectivity index (χ0) is 15.9. The quantitative estimate of drug-likeness (QED) is 0.532. The highest BCUT2D eigenvalue weighted by atomic mass is 32.2. The van der Waals surface area contributed by atoms with Crippen LogP contribution in [-0.4, -0.2) is 36.9 Å². The number of likely N-dealkylation sites (N-methyl/N-ethyl adjacent to an activating group) is 1. The van der Waals surface area contributed by atoms with Gasteiger partial charge in [-0.25, -0.2) is 8.42 Å². The number of hydrogen-bond acceptors (Lipinski definition) is 3. The Bertz CT molecular complexity index is 549. The number of nitrogens with zero attached hydrogens (tertiary/aromatic N) is 2. The van der Waals surface area contributed by atoms with Gasteiger partial charge in [0.05, 0.1) is 0 Å². The highest BCUT2D eigenvalue weighted by Gasteiger charge is 2.24. The molecule has 0 aliphatic rings. The van der Waals surface area contributed by atoms with E-state index in [0.29, 0.717) is 24.5 Å². The molecule has 0 atom stereocenters. The van der Waals surface area contributed by atoms with Gasteiger partial charge in [-0.15, -0.1) is 6.58 Å². The topological polar surface area (TPSA) is 54.3 Å². The smallest absolute Gasteiger partial charge is 0.244 e. The number of hydrogen-bond donors (Lipinski definition) is 1. The lowest BCUT2D eigenvalue weighted by Gasteiger charge is -2.17. The van der Waals surface area contributed by atoms with E-state index in [-0.39, 0.29) is 0 Å². The molecule has 0 aliphatic carbocycles. The minimum atomic E-state index is -3.44. The Morgan fingerprint density at radius 3 is 2.62 bits per heavy atom. The van der Waals surface area contributed by atoms with Gasteiger partial charge < -0.3 is 9.88 Å². The number of aromatic nitrogens is 1. The molecule has 0 fully saturated rings. The molecule has 6 heteroatoms. The largest absolute Gasteiger partial charge is 0.349 e. The van der Waals surface area contributed by atoms with Gasteiger partial charge in [-0.05, 0) is 26.0 Å². The molecule has 0 amide bonds. The fraction of sp³-hybridized carbons (Fsp3) is 0.600. The van der Waals surface area contributed by atoms with Gasteiger partial charge in [-0.1, -0.05) is 19.9 Å². The van der Waals surface area contributed by atoms with Gasteiger partial charge in [0.1, 0.15) is 4.90 Å². The second-order valence-corrected chi connectivity index (χ2v) is 6.81. The van der Waals surface area contributed by atoms with Crippen molar-refractivity contribution in [2.45, 2.75) is 45.2 Å². The Morgan fingerprint density at radius 1 is 1.38 bits per heavy atom. The molecule has 1 aromatic rings. The van der Waals surface area contributed by atoms with Crippen molar-refractivity contribution >= 4 is 10.0 Å². The Morgan fingerprint density at radius 2 is 2.10 bits per heavy atom. The molecular weight excluding hydrogens is 286 g/mol. The van der Waals surface area contributed by atoms with Gasteiger partial charge in [0.25, 0.3) is 0 Å². The van der Waals surface area contributed by atoms with Crippen molar-refractivity contribution in [1.82, 2.24) is 14.2 Å². The van der Waals surface area contributed by atoms with Crippen LogP contribution >= 0.6 is 0 Å². The minimum absolute atomic E-state index is 0.333. The van der Waals surface area contributed by atoms with Crippen LogP contribution in [0.15, 0.2) is 29.8 Å². The van der Waals surface area contributed by atoms with Crippen LogP contribution in [0.2, 0.25) is 0 Å². The zero-order valence-corrected chi connectivity index (χ0v) is 14.1. The Balaban J connectivity index is 3.04. The summed E-state index contributed by atoms with van der Waals surface area (Å²) in [4.78, 5) is 0.362. The predicted octanol–water partition coefficient (Wildman–Crippen LogP) is 2.20. The molecule has 120 valence electrons. The molecule has 0 aromatic carbocycles. The van der Waals surface area contributed by atoms with Gasteiger partial charge in [-0.3, -0.25) is 0 Å². The van der Waals surface area contributed by atoms with E-state index >= 15 is 0 Å². The average Bonchev–Trinajstić information content (AvgIpc) is 2.88. The molecule has 21 heavy (non-hydrogen) atoms. The van der Waals surface area contributed by atoms with Gasteiger partial charge in [0.15, 0.2) is 0 Å². The standard InChI is InChI=1S/C15H27N3O2S/c1-5-9-16-12-14-11-15(13-17(14)7-3)21(19,20)18(8-4)10-6-2/h6,11,13,16H,2,5,7-10,12H2,1,3-4H3. The lowest BCUT2D eigenvalue weighted by atomic mass is 10.4. The molecule has 0 bridgehead atoms. The van der Waals surface area contributed by atoms with Crippen LogP contribution in [0.3, 0.4) is 0 Å². The van der Waals surface area contributed by atoms with E-state index in [4.69, 9.17) is 0 Å². The third kappa shape index (κ3) is 4.43. The van der Waals surface area contributed by atoms with Gasteiger partial charge in [0, 0.05) is 38.1 Å². The van der Waals surface area contributed by atoms with Crippen LogP contribution in [0, 0.1) is 0 Å². The molecule has 1 rings (SSSR count). The van der Waals surface area contributed by atoms with Crippen LogP contribution in [-0.2, 0) is 23.1 Å². The molecule has 0 spiro atoms. The monoisotopic (exact) mass is 313 g/mol. The van der Waals surface area contributed by atoms with Crippen LogP contribution in [0.4, 0.5) is 0 Å². The number of rotatable bonds is 10. The van der Waals surface area contributed by atoms with Gasteiger partial charge in [0.2, 0.25) is 10.0 Å².